The van der Waals surface area contributed by atoms with Crippen LogP contribution in [0.3, 0.4) is 0 Å². The highest BCUT2D eigenvalue weighted by Gasteiger charge is 2.31. The maximum Gasteiger partial charge on any atom is 0.126 e. The molecule has 0 saturated carbocycles. The maximum atomic E-state index is 13.6. The molecule has 0 atom stereocenters. The summed E-state index contributed by atoms with van der Waals surface area (Å²) in [5.74, 6) is -0.970. The molecule has 0 aromatic heterocycles. The summed E-state index contributed by atoms with van der Waals surface area (Å²) in [6.45, 7) is 9.18. The summed E-state index contributed by atoms with van der Waals surface area (Å²) in [6, 6.07) is 4.30. The fourth-order valence-electron chi connectivity index (χ4n) is 2.91. The standard InChI is InChI=1S/C17H27F2N/c1-5-7-17(8-6-2,12-20-13(3)4)14-9-15(18)11-16(19)10-14/h9-11,13,20H,5-8,12H2,1-4H3. The Bertz CT molecular complexity index is 389. The molecule has 0 aliphatic heterocycles. The number of halogens is 2. The summed E-state index contributed by atoms with van der Waals surface area (Å²) in [6.07, 6.45) is 3.86. The van der Waals surface area contributed by atoms with Crippen molar-refractivity contribution in [1.82, 2.24) is 5.32 Å². The van der Waals surface area contributed by atoms with Crippen LogP contribution in [0.4, 0.5) is 8.78 Å². The van der Waals surface area contributed by atoms with Crippen molar-refractivity contribution in [2.75, 3.05) is 6.54 Å². The van der Waals surface area contributed by atoms with Crippen molar-refractivity contribution in [1.29, 1.82) is 0 Å². The molecule has 1 aromatic carbocycles. The number of hydrogen-bond donors (Lipinski definition) is 1. The van der Waals surface area contributed by atoms with Gasteiger partial charge in [0, 0.05) is 24.1 Å². The first-order chi connectivity index (χ1) is 9.43. The molecule has 0 aliphatic carbocycles. The lowest BCUT2D eigenvalue weighted by Crippen LogP contribution is -2.41. The van der Waals surface area contributed by atoms with Crippen molar-refractivity contribution < 1.29 is 8.78 Å². The lowest BCUT2D eigenvalue weighted by molar-refractivity contribution is 0.322. The zero-order chi connectivity index (χ0) is 15.2. The van der Waals surface area contributed by atoms with Crippen LogP contribution in [0.1, 0.15) is 58.9 Å². The molecule has 3 heteroatoms. The van der Waals surface area contributed by atoms with Crippen LogP contribution >= 0.6 is 0 Å². The van der Waals surface area contributed by atoms with Crippen LogP contribution < -0.4 is 5.32 Å². The minimum Gasteiger partial charge on any atom is -0.314 e. The highest BCUT2D eigenvalue weighted by molar-refractivity contribution is 5.28. The van der Waals surface area contributed by atoms with Crippen molar-refractivity contribution in [2.24, 2.45) is 0 Å². The van der Waals surface area contributed by atoms with Gasteiger partial charge in [-0.25, -0.2) is 8.78 Å². The maximum absolute atomic E-state index is 13.6. The third kappa shape index (κ3) is 4.55. The van der Waals surface area contributed by atoms with E-state index in [1.807, 2.05) is 0 Å². The largest absolute Gasteiger partial charge is 0.314 e. The summed E-state index contributed by atoms with van der Waals surface area (Å²) < 4.78 is 27.2. The Balaban J connectivity index is 3.17. The molecule has 0 heterocycles. The first-order valence-electron chi connectivity index (χ1n) is 7.63. The van der Waals surface area contributed by atoms with Gasteiger partial charge >= 0.3 is 0 Å². The molecular formula is C17H27F2N. The Kier molecular flexibility index (Phi) is 6.60. The summed E-state index contributed by atoms with van der Waals surface area (Å²) in [4.78, 5) is 0. The van der Waals surface area contributed by atoms with Gasteiger partial charge in [-0.1, -0.05) is 40.5 Å². The van der Waals surface area contributed by atoms with Gasteiger partial charge in [0.25, 0.3) is 0 Å². The van der Waals surface area contributed by atoms with Gasteiger partial charge in [0.05, 0.1) is 0 Å². The SMILES string of the molecule is CCCC(CCC)(CNC(C)C)c1cc(F)cc(F)c1. The monoisotopic (exact) mass is 283 g/mol. The molecule has 1 rings (SSSR count). The first kappa shape index (κ1) is 17.1. The Hall–Kier alpha value is -0.960. The van der Waals surface area contributed by atoms with Crippen LogP contribution in [0.25, 0.3) is 0 Å². The summed E-state index contributed by atoms with van der Waals surface area (Å²) >= 11 is 0. The van der Waals surface area contributed by atoms with E-state index >= 15 is 0 Å². The van der Waals surface area contributed by atoms with Crippen LogP contribution in [0.2, 0.25) is 0 Å². The van der Waals surface area contributed by atoms with Crippen molar-refractivity contribution >= 4 is 0 Å². The third-order valence-electron chi connectivity index (χ3n) is 3.78. The van der Waals surface area contributed by atoms with Crippen LogP contribution in [-0.4, -0.2) is 12.6 Å². The Morgan fingerprint density at radius 2 is 1.50 bits per heavy atom. The minimum absolute atomic E-state index is 0.184. The Morgan fingerprint density at radius 1 is 1.00 bits per heavy atom. The van der Waals surface area contributed by atoms with E-state index in [1.54, 1.807) is 0 Å². The summed E-state index contributed by atoms with van der Waals surface area (Å²) in [7, 11) is 0. The van der Waals surface area contributed by atoms with E-state index in [9.17, 15) is 8.78 Å². The van der Waals surface area contributed by atoms with Crippen molar-refractivity contribution in [2.45, 2.75) is 64.8 Å². The van der Waals surface area contributed by atoms with Gasteiger partial charge < -0.3 is 5.32 Å². The second kappa shape index (κ2) is 7.72. The molecule has 1 aromatic rings. The number of hydrogen-bond acceptors (Lipinski definition) is 1. The molecule has 0 amide bonds. The second-order valence-corrected chi connectivity index (χ2v) is 5.97. The zero-order valence-corrected chi connectivity index (χ0v) is 13.1. The Labute approximate surface area is 121 Å². The van der Waals surface area contributed by atoms with E-state index in [2.05, 4.69) is 33.0 Å². The van der Waals surface area contributed by atoms with Crippen LogP contribution in [0.15, 0.2) is 18.2 Å². The highest BCUT2D eigenvalue weighted by atomic mass is 19.1. The van der Waals surface area contributed by atoms with Crippen molar-refractivity contribution in [3.05, 3.63) is 35.4 Å². The van der Waals surface area contributed by atoms with Crippen LogP contribution in [0, 0.1) is 11.6 Å². The lowest BCUT2D eigenvalue weighted by atomic mass is 9.73. The van der Waals surface area contributed by atoms with Gasteiger partial charge in [0.15, 0.2) is 0 Å². The molecule has 0 aliphatic rings. The van der Waals surface area contributed by atoms with E-state index in [0.717, 1.165) is 43.9 Å². The van der Waals surface area contributed by atoms with Gasteiger partial charge in [-0.15, -0.1) is 0 Å². The van der Waals surface area contributed by atoms with E-state index in [4.69, 9.17) is 0 Å². The number of benzene rings is 1. The third-order valence-corrected chi connectivity index (χ3v) is 3.78. The van der Waals surface area contributed by atoms with E-state index in [0.29, 0.717) is 6.04 Å². The fraction of sp³-hybridized carbons (Fsp3) is 0.647. The fourth-order valence-corrected chi connectivity index (χ4v) is 2.91. The quantitative estimate of drug-likeness (QED) is 0.722. The highest BCUT2D eigenvalue weighted by Crippen LogP contribution is 2.35. The lowest BCUT2D eigenvalue weighted by Gasteiger charge is -2.35. The van der Waals surface area contributed by atoms with Crippen molar-refractivity contribution in [3.8, 4) is 0 Å². The van der Waals surface area contributed by atoms with Crippen LogP contribution in [-0.2, 0) is 5.41 Å². The molecule has 0 unspecified atom stereocenters. The normalized spacial score (nSPS) is 12.2. The molecule has 20 heavy (non-hydrogen) atoms. The Morgan fingerprint density at radius 3 is 1.90 bits per heavy atom. The molecule has 0 radical (unpaired) electrons. The summed E-state index contributed by atoms with van der Waals surface area (Å²) in [5.41, 5.74) is 0.600. The zero-order valence-electron chi connectivity index (χ0n) is 13.1. The minimum atomic E-state index is -0.485. The second-order valence-electron chi connectivity index (χ2n) is 5.97. The molecule has 0 bridgehead atoms. The van der Waals surface area contributed by atoms with Gasteiger partial charge in [0.1, 0.15) is 11.6 Å². The molecule has 1 nitrogen and oxygen atoms in total. The van der Waals surface area contributed by atoms with Gasteiger partial charge in [-0.05, 0) is 30.5 Å². The molecule has 0 spiro atoms. The average molecular weight is 283 g/mol. The number of rotatable bonds is 8. The smallest absolute Gasteiger partial charge is 0.126 e. The number of nitrogens with one attached hydrogen (secondary N) is 1. The van der Waals surface area contributed by atoms with E-state index in [1.165, 1.54) is 12.1 Å². The van der Waals surface area contributed by atoms with Crippen LogP contribution in [0.5, 0.6) is 0 Å². The van der Waals surface area contributed by atoms with Gasteiger partial charge in [-0.2, -0.15) is 0 Å². The predicted molar refractivity (Wildman–Crippen MR) is 81.0 cm³/mol. The van der Waals surface area contributed by atoms with Crippen molar-refractivity contribution in [3.63, 3.8) is 0 Å². The topological polar surface area (TPSA) is 12.0 Å². The first-order valence-corrected chi connectivity index (χ1v) is 7.63. The molecule has 0 saturated heterocycles. The van der Waals surface area contributed by atoms with E-state index in [-0.39, 0.29) is 5.41 Å². The molecule has 1 N–H and O–H groups in total. The van der Waals surface area contributed by atoms with E-state index < -0.39 is 11.6 Å². The van der Waals surface area contributed by atoms with Gasteiger partial charge in [0.2, 0.25) is 0 Å². The molecule has 114 valence electrons. The molecule has 0 fully saturated rings. The average Bonchev–Trinajstić information content (AvgIpc) is 2.35. The molecular weight excluding hydrogens is 256 g/mol. The van der Waals surface area contributed by atoms with Gasteiger partial charge in [-0.3, -0.25) is 0 Å². The summed E-state index contributed by atoms with van der Waals surface area (Å²) in [5, 5.41) is 3.45. The predicted octanol–water partition coefficient (Wildman–Crippen LogP) is 4.80.